The third kappa shape index (κ3) is 21.5. The van der Waals surface area contributed by atoms with Gasteiger partial charge in [-0.1, -0.05) is 76.0 Å². The predicted octanol–water partition coefficient (Wildman–Crippen LogP) is 9.17. The average Bonchev–Trinajstić information content (AvgIpc) is 2.78. The first-order chi connectivity index (χ1) is 17.3. The second-order valence-electron chi connectivity index (χ2n) is 11.3. The number of hydrogen-bond donors (Lipinski definition) is 2. The molecule has 37 heavy (non-hydrogen) atoms. The van der Waals surface area contributed by atoms with Gasteiger partial charge in [-0.05, 0) is 120 Å². The summed E-state index contributed by atoms with van der Waals surface area (Å²) in [4.78, 5) is 0. The van der Waals surface area contributed by atoms with Crippen molar-refractivity contribution in [1.29, 1.82) is 0 Å². The van der Waals surface area contributed by atoms with Crippen LogP contribution in [-0.4, -0.2) is 21.4 Å². The highest BCUT2D eigenvalue weighted by Crippen LogP contribution is 2.17. The lowest BCUT2D eigenvalue weighted by atomic mass is 9.98. The van der Waals surface area contributed by atoms with Crippen LogP contribution in [0, 0.1) is 24.2 Å². The molecule has 0 rings (SSSR count). The van der Waals surface area contributed by atoms with E-state index in [0.29, 0.717) is 19.3 Å². The zero-order valence-electron chi connectivity index (χ0n) is 25.1. The summed E-state index contributed by atoms with van der Waals surface area (Å²) < 4.78 is 0. The highest BCUT2D eigenvalue weighted by atomic mass is 16.3. The van der Waals surface area contributed by atoms with Crippen LogP contribution in [0.2, 0.25) is 0 Å². The maximum absolute atomic E-state index is 10.6. The Labute approximate surface area is 229 Å². The molecule has 0 bridgehead atoms. The Balaban J connectivity index is 4.39. The van der Waals surface area contributed by atoms with Crippen LogP contribution in [0.15, 0.2) is 58.2 Å². The molecule has 0 aromatic rings. The molecule has 2 atom stereocenters. The first kappa shape index (κ1) is 34.7. The number of terminal acetylenes is 1. The van der Waals surface area contributed by atoms with E-state index >= 15 is 0 Å². The van der Waals surface area contributed by atoms with Crippen molar-refractivity contribution in [2.75, 3.05) is 0 Å². The standard InChI is InChI=1S/C35H54O2/c1-10-34(8,36)26-14-23-31(5)21-13-22-33(7)25-16-28-35(9,37)27-15-24-32(6)20-12-19-30(4)18-11-17-29(2)3/h1,17,19,22-24,36-37H,11-15,18,20-21,25-27H2,2-9H3. The summed E-state index contributed by atoms with van der Waals surface area (Å²) in [5.74, 6) is 8.65. The Bertz CT molecular complexity index is 926. The maximum Gasteiger partial charge on any atom is 0.123 e. The SMILES string of the molecule is C#CC(C)(O)CCC=C(C)CCC=C(C)CC#CC(C)(O)CCC=C(C)CCC=C(C)CCC=C(C)C. The van der Waals surface area contributed by atoms with E-state index in [-0.39, 0.29) is 0 Å². The molecule has 2 heteroatoms. The van der Waals surface area contributed by atoms with Crippen molar-refractivity contribution < 1.29 is 10.2 Å². The van der Waals surface area contributed by atoms with Crippen LogP contribution >= 0.6 is 0 Å². The van der Waals surface area contributed by atoms with Crippen LogP contribution in [0.3, 0.4) is 0 Å². The van der Waals surface area contributed by atoms with Gasteiger partial charge in [0.2, 0.25) is 0 Å². The molecule has 0 saturated carbocycles. The molecule has 0 saturated heterocycles. The van der Waals surface area contributed by atoms with Gasteiger partial charge in [-0.2, -0.15) is 0 Å². The fourth-order valence-electron chi connectivity index (χ4n) is 3.77. The molecule has 0 radical (unpaired) electrons. The molecule has 0 fully saturated rings. The molecular weight excluding hydrogens is 452 g/mol. The number of allylic oxidation sites excluding steroid dienone is 10. The molecule has 0 amide bonds. The fourth-order valence-corrected chi connectivity index (χ4v) is 3.77. The molecule has 0 spiro atoms. The van der Waals surface area contributed by atoms with Gasteiger partial charge in [0.25, 0.3) is 0 Å². The van der Waals surface area contributed by atoms with Crippen LogP contribution in [0.5, 0.6) is 0 Å². The summed E-state index contributed by atoms with van der Waals surface area (Å²) in [6.07, 6.45) is 26.5. The zero-order chi connectivity index (χ0) is 28.3. The Morgan fingerprint density at radius 3 is 1.49 bits per heavy atom. The Hall–Kier alpha value is -2.26. The van der Waals surface area contributed by atoms with E-state index in [9.17, 15) is 10.2 Å². The van der Waals surface area contributed by atoms with Crippen molar-refractivity contribution in [2.45, 2.75) is 137 Å². The van der Waals surface area contributed by atoms with Gasteiger partial charge >= 0.3 is 0 Å². The smallest absolute Gasteiger partial charge is 0.123 e. The Morgan fingerprint density at radius 1 is 0.622 bits per heavy atom. The molecule has 0 aliphatic carbocycles. The van der Waals surface area contributed by atoms with Crippen LogP contribution < -0.4 is 0 Å². The van der Waals surface area contributed by atoms with Crippen molar-refractivity contribution in [2.24, 2.45) is 0 Å². The maximum atomic E-state index is 10.6. The van der Waals surface area contributed by atoms with E-state index in [4.69, 9.17) is 6.42 Å². The van der Waals surface area contributed by atoms with Gasteiger partial charge in [-0.15, -0.1) is 6.42 Å². The minimum atomic E-state index is -1.02. The molecule has 0 aliphatic rings. The monoisotopic (exact) mass is 506 g/mol. The second-order valence-corrected chi connectivity index (χ2v) is 11.3. The van der Waals surface area contributed by atoms with E-state index < -0.39 is 11.2 Å². The molecule has 0 aromatic carbocycles. The average molecular weight is 507 g/mol. The van der Waals surface area contributed by atoms with Gasteiger partial charge < -0.3 is 10.2 Å². The van der Waals surface area contributed by atoms with E-state index in [1.54, 1.807) is 6.92 Å². The summed E-state index contributed by atoms with van der Waals surface area (Å²) in [5, 5.41) is 20.5. The lowest BCUT2D eigenvalue weighted by Gasteiger charge is -2.15. The highest BCUT2D eigenvalue weighted by molar-refractivity contribution is 5.18. The van der Waals surface area contributed by atoms with E-state index in [0.717, 1.165) is 51.4 Å². The number of hydrogen-bond acceptors (Lipinski definition) is 2. The van der Waals surface area contributed by atoms with E-state index in [1.165, 1.54) is 27.9 Å². The third-order valence-electron chi connectivity index (χ3n) is 6.44. The minimum Gasteiger partial charge on any atom is -0.378 e. The van der Waals surface area contributed by atoms with Gasteiger partial charge in [-0.25, -0.2) is 0 Å². The molecular formula is C35H54O2. The Kier molecular flexibility index (Phi) is 17.7. The fraction of sp³-hybridized carbons (Fsp3) is 0.600. The minimum absolute atomic E-state index is 0.578. The van der Waals surface area contributed by atoms with Crippen LogP contribution in [-0.2, 0) is 0 Å². The summed E-state index contributed by atoms with van der Waals surface area (Å²) in [7, 11) is 0. The lowest BCUT2D eigenvalue weighted by molar-refractivity contribution is 0.113. The van der Waals surface area contributed by atoms with Gasteiger partial charge in [-0.3, -0.25) is 0 Å². The first-order valence-electron chi connectivity index (χ1n) is 13.9. The normalized spacial score (nSPS) is 16.2. The van der Waals surface area contributed by atoms with Crippen LogP contribution in [0.1, 0.15) is 126 Å². The molecule has 2 nitrogen and oxygen atoms in total. The third-order valence-corrected chi connectivity index (χ3v) is 6.44. The lowest BCUT2D eigenvalue weighted by Crippen LogP contribution is -2.20. The van der Waals surface area contributed by atoms with Gasteiger partial charge in [0, 0.05) is 6.42 Å². The largest absolute Gasteiger partial charge is 0.378 e. The van der Waals surface area contributed by atoms with Crippen molar-refractivity contribution in [3.8, 4) is 24.2 Å². The van der Waals surface area contributed by atoms with E-state index in [2.05, 4.69) is 89.7 Å². The Morgan fingerprint density at radius 2 is 1.03 bits per heavy atom. The molecule has 0 aromatic heterocycles. The number of rotatable bonds is 16. The molecule has 2 N–H and O–H groups in total. The molecule has 2 unspecified atom stereocenters. The predicted molar refractivity (Wildman–Crippen MR) is 163 cm³/mol. The highest BCUT2D eigenvalue weighted by Gasteiger charge is 2.15. The van der Waals surface area contributed by atoms with Gasteiger partial charge in [0.05, 0.1) is 0 Å². The topological polar surface area (TPSA) is 40.5 Å². The van der Waals surface area contributed by atoms with E-state index in [1.807, 2.05) is 6.92 Å². The molecule has 0 aliphatic heterocycles. The van der Waals surface area contributed by atoms with Crippen molar-refractivity contribution >= 4 is 0 Å². The number of aliphatic hydroxyl groups is 2. The zero-order valence-corrected chi connectivity index (χ0v) is 25.1. The molecule has 206 valence electrons. The van der Waals surface area contributed by atoms with Crippen molar-refractivity contribution in [3.05, 3.63) is 58.2 Å². The second kappa shape index (κ2) is 18.9. The quantitative estimate of drug-likeness (QED) is 0.162. The summed E-state index contributed by atoms with van der Waals surface area (Å²) in [6, 6.07) is 0. The van der Waals surface area contributed by atoms with Crippen molar-refractivity contribution in [3.63, 3.8) is 0 Å². The van der Waals surface area contributed by atoms with Crippen molar-refractivity contribution in [1.82, 2.24) is 0 Å². The first-order valence-corrected chi connectivity index (χ1v) is 13.9. The van der Waals surface area contributed by atoms with Gasteiger partial charge in [0.15, 0.2) is 0 Å². The summed E-state index contributed by atoms with van der Waals surface area (Å²) in [6.45, 7) is 16.4. The van der Waals surface area contributed by atoms with Crippen LogP contribution in [0.4, 0.5) is 0 Å². The summed E-state index contributed by atoms with van der Waals surface area (Å²) in [5.41, 5.74) is 4.78. The van der Waals surface area contributed by atoms with Gasteiger partial charge in [0.1, 0.15) is 11.2 Å². The summed E-state index contributed by atoms with van der Waals surface area (Å²) >= 11 is 0. The van der Waals surface area contributed by atoms with Crippen LogP contribution in [0.25, 0.3) is 0 Å². The molecule has 0 heterocycles.